The Kier molecular flexibility index (Phi) is 3.69. The minimum atomic E-state index is -4.38. The molecule has 2 aromatic rings. The molecule has 2 aromatic heterocycles. The van der Waals surface area contributed by atoms with Crippen molar-refractivity contribution in [1.82, 2.24) is 15.3 Å². The van der Waals surface area contributed by atoms with E-state index in [-0.39, 0.29) is 6.04 Å². The smallest absolute Gasteiger partial charge is 0.308 e. The largest absolute Gasteiger partial charge is 0.443 e. The van der Waals surface area contributed by atoms with Crippen LogP contribution in [0.25, 0.3) is 0 Å². The van der Waals surface area contributed by atoms with Crippen LogP contribution in [0.3, 0.4) is 0 Å². The number of hydrogen-bond donors (Lipinski definition) is 1. The van der Waals surface area contributed by atoms with Crippen molar-refractivity contribution in [2.75, 3.05) is 7.05 Å². The van der Waals surface area contributed by atoms with Gasteiger partial charge in [0.15, 0.2) is 5.01 Å². The number of aryl methyl sites for hydroxylation is 1. The number of rotatable bonds is 3. The van der Waals surface area contributed by atoms with Crippen LogP contribution < -0.4 is 5.32 Å². The number of hydrogen-bond acceptors (Lipinski definition) is 5. The molecule has 0 aliphatic carbocycles. The van der Waals surface area contributed by atoms with Gasteiger partial charge in [0.2, 0.25) is 0 Å². The summed E-state index contributed by atoms with van der Waals surface area (Å²) in [5.74, 6) is 0. The minimum Gasteiger partial charge on any atom is -0.308 e. The molecular formula is C10H10F3N3S2. The molecule has 2 rings (SSSR count). The van der Waals surface area contributed by atoms with Crippen LogP contribution in [-0.2, 0) is 6.18 Å². The van der Waals surface area contributed by atoms with E-state index in [0.29, 0.717) is 16.2 Å². The molecule has 1 unspecified atom stereocenters. The number of halogens is 3. The SMILES string of the molecule is CNC(c1cnc(C)s1)c1cnc(C(F)(F)F)s1. The molecule has 2 heterocycles. The maximum atomic E-state index is 12.5. The summed E-state index contributed by atoms with van der Waals surface area (Å²) in [4.78, 5) is 8.95. The first kappa shape index (κ1) is 13.4. The van der Waals surface area contributed by atoms with Gasteiger partial charge >= 0.3 is 6.18 Å². The van der Waals surface area contributed by atoms with Crippen molar-refractivity contribution < 1.29 is 13.2 Å². The van der Waals surface area contributed by atoms with Crippen molar-refractivity contribution >= 4 is 22.7 Å². The van der Waals surface area contributed by atoms with Crippen molar-refractivity contribution in [2.24, 2.45) is 0 Å². The Morgan fingerprint density at radius 1 is 1.17 bits per heavy atom. The summed E-state index contributed by atoms with van der Waals surface area (Å²) in [6.45, 7) is 1.86. The lowest BCUT2D eigenvalue weighted by Gasteiger charge is -2.10. The average Bonchev–Trinajstić information content (AvgIpc) is 2.88. The van der Waals surface area contributed by atoms with Crippen molar-refractivity contribution in [3.63, 3.8) is 0 Å². The molecule has 0 aromatic carbocycles. The number of alkyl halides is 3. The van der Waals surface area contributed by atoms with Crippen LogP contribution in [0.5, 0.6) is 0 Å². The van der Waals surface area contributed by atoms with Crippen molar-refractivity contribution in [1.29, 1.82) is 0 Å². The normalized spacial score (nSPS) is 13.8. The van der Waals surface area contributed by atoms with Crippen LogP contribution >= 0.6 is 22.7 Å². The fraction of sp³-hybridized carbons (Fsp3) is 0.400. The first-order valence-electron chi connectivity index (χ1n) is 5.04. The molecule has 0 aliphatic heterocycles. The van der Waals surface area contributed by atoms with Crippen LogP contribution in [-0.4, -0.2) is 17.0 Å². The Balaban J connectivity index is 2.31. The summed E-state index contributed by atoms with van der Waals surface area (Å²) in [7, 11) is 1.70. The van der Waals surface area contributed by atoms with E-state index < -0.39 is 11.2 Å². The molecule has 0 aliphatic rings. The van der Waals surface area contributed by atoms with Crippen LogP contribution in [0, 0.1) is 6.92 Å². The standard InChI is InChI=1S/C10H10F3N3S2/c1-5-15-3-6(17-5)8(14-2)7-4-16-9(18-7)10(11,12)13/h3-4,8,14H,1-2H3. The van der Waals surface area contributed by atoms with Crippen LogP contribution in [0.1, 0.15) is 25.8 Å². The van der Waals surface area contributed by atoms with Crippen LogP contribution in [0.15, 0.2) is 12.4 Å². The molecule has 1 atom stereocenters. The third-order valence-electron chi connectivity index (χ3n) is 2.26. The minimum absolute atomic E-state index is 0.287. The second-order valence-corrected chi connectivity index (χ2v) is 5.90. The van der Waals surface area contributed by atoms with E-state index in [9.17, 15) is 13.2 Å². The molecule has 0 fully saturated rings. The lowest BCUT2D eigenvalue weighted by atomic mass is 10.2. The summed E-state index contributed by atoms with van der Waals surface area (Å²) in [6.07, 6.45) is -1.44. The highest BCUT2D eigenvalue weighted by Gasteiger charge is 2.35. The van der Waals surface area contributed by atoms with Gasteiger partial charge in [-0.25, -0.2) is 9.97 Å². The van der Waals surface area contributed by atoms with Gasteiger partial charge in [0.05, 0.1) is 11.0 Å². The van der Waals surface area contributed by atoms with E-state index in [1.807, 2.05) is 6.92 Å². The lowest BCUT2D eigenvalue weighted by Crippen LogP contribution is -2.15. The molecule has 0 spiro atoms. The van der Waals surface area contributed by atoms with Gasteiger partial charge in [-0.15, -0.1) is 22.7 Å². The maximum absolute atomic E-state index is 12.5. The zero-order valence-corrected chi connectivity index (χ0v) is 11.2. The van der Waals surface area contributed by atoms with E-state index in [1.165, 1.54) is 17.5 Å². The van der Waals surface area contributed by atoms with Crippen LogP contribution in [0.4, 0.5) is 13.2 Å². The second kappa shape index (κ2) is 4.94. The first-order chi connectivity index (χ1) is 8.41. The Labute approximate surface area is 110 Å². The molecule has 1 N–H and O–H groups in total. The summed E-state index contributed by atoms with van der Waals surface area (Å²) < 4.78 is 37.5. The maximum Gasteiger partial charge on any atom is 0.443 e. The predicted octanol–water partition coefficient (Wildman–Crippen LogP) is 3.24. The third kappa shape index (κ3) is 2.70. The summed E-state index contributed by atoms with van der Waals surface area (Å²) >= 11 is 2.11. The van der Waals surface area contributed by atoms with Crippen LogP contribution in [0.2, 0.25) is 0 Å². The summed E-state index contributed by atoms with van der Waals surface area (Å²) in [6, 6.07) is -0.287. The van der Waals surface area contributed by atoms with E-state index in [1.54, 1.807) is 13.2 Å². The van der Waals surface area contributed by atoms with Gasteiger partial charge in [0.1, 0.15) is 0 Å². The van der Waals surface area contributed by atoms with Gasteiger partial charge in [0, 0.05) is 22.1 Å². The molecule has 0 bridgehead atoms. The van der Waals surface area contributed by atoms with E-state index >= 15 is 0 Å². The third-order valence-corrected chi connectivity index (χ3v) is 4.35. The van der Waals surface area contributed by atoms with E-state index in [2.05, 4.69) is 15.3 Å². The zero-order chi connectivity index (χ0) is 13.3. The Hall–Kier alpha value is -0.990. The average molecular weight is 293 g/mol. The second-order valence-electron chi connectivity index (χ2n) is 3.57. The highest BCUT2D eigenvalue weighted by molar-refractivity contribution is 7.13. The zero-order valence-electron chi connectivity index (χ0n) is 9.58. The molecule has 18 heavy (non-hydrogen) atoms. The predicted molar refractivity (Wildman–Crippen MR) is 64.9 cm³/mol. The van der Waals surface area contributed by atoms with Gasteiger partial charge < -0.3 is 5.32 Å². The fourth-order valence-corrected chi connectivity index (χ4v) is 3.39. The van der Waals surface area contributed by atoms with Crippen molar-refractivity contribution in [2.45, 2.75) is 19.1 Å². The Morgan fingerprint density at radius 2 is 1.78 bits per heavy atom. The molecular weight excluding hydrogens is 283 g/mol. The first-order valence-corrected chi connectivity index (χ1v) is 6.67. The monoisotopic (exact) mass is 293 g/mol. The number of nitrogens with zero attached hydrogens (tertiary/aromatic N) is 2. The summed E-state index contributed by atoms with van der Waals surface area (Å²) in [5.41, 5.74) is 0. The highest BCUT2D eigenvalue weighted by Crippen LogP contribution is 2.36. The molecule has 3 nitrogen and oxygen atoms in total. The van der Waals surface area contributed by atoms with E-state index in [4.69, 9.17) is 0 Å². The van der Waals surface area contributed by atoms with E-state index in [0.717, 1.165) is 9.88 Å². The number of nitrogens with one attached hydrogen (secondary N) is 1. The fourth-order valence-electron chi connectivity index (χ4n) is 1.49. The summed E-state index contributed by atoms with van der Waals surface area (Å²) in [5, 5.41) is 3.05. The molecule has 8 heteroatoms. The van der Waals surface area contributed by atoms with Crippen molar-refractivity contribution in [3.05, 3.63) is 32.2 Å². The lowest BCUT2D eigenvalue weighted by molar-refractivity contribution is -0.137. The van der Waals surface area contributed by atoms with Crippen molar-refractivity contribution in [3.8, 4) is 0 Å². The number of thiazole rings is 2. The van der Waals surface area contributed by atoms with Gasteiger partial charge in [-0.3, -0.25) is 0 Å². The number of aromatic nitrogens is 2. The Bertz CT molecular complexity index is 532. The van der Waals surface area contributed by atoms with Gasteiger partial charge in [-0.2, -0.15) is 13.2 Å². The molecule has 0 amide bonds. The molecule has 0 radical (unpaired) electrons. The Morgan fingerprint density at radius 3 is 2.22 bits per heavy atom. The highest BCUT2D eigenvalue weighted by atomic mass is 32.1. The van der Waals surface area contributed by atoms with Gasteiger partial charge in [-0.1, -0.05) is 0 Å². The topological polar surface area (TPSA) is 37.8 Å². The van der Waals surface area contributed by atoms with Gasteiger partial charge in [0.25, 0.3) is 0 Å². The molecule has 0 saturated heterocycles. The molecule has 98 valence electrons. The quantitative estimate of drug-likeness (QED) is 0.944. The van der Waals surface area contributed by atoms with Gasteiger partial charge in [-0.05, 0) is 14.0 Å². The molecule has 0 saturated carbocycles.